The van der Waals surface area contributed by atoms with Gasteiger partial charge in [0.1, 0.15) is 0 Å². The fourth-order valence-electron chi connectivity index (χ4n) is 2.51. The molecule has 2 N–H and O–H groups in total. The van der Waals surface area contributed by atoms with Crippen LogP contribution in [-0.4, -0.2) is 19.0 Å². The molecule has 1 fully saturated rings. The summed E-state index contributed by atoms with van der Waals surface area (Å²) in [5.41, 5.74) is 1.05. The SMILES string of the molecule is CC(NC(=O)CC1CCNCC1)c1cccc(Cl)c1.Cl. The lowest BCUT2D eigenvalue weighted by Crippen LogP contribution is -2.33. The van der Waals surface area contributed by atoms with Crippen LogP contribution in [0.3, 0.4) is 0 Å². The normalized spacial score (nSPS) is 17.1. The van der Waals surface area contributed by atoms with Crippen LogP contribution in [0.5, 0.6) is 0 Å². The van der Waals surface area contributed by atoms with Crippen molar-refractivity contribution in [1.82, 2.24) is 10.6 Å². The van der Waals surface area contributed by atoms with E-state index in [0.717, 1.165) is 31.5 Å². The zero-order valence-corrected chi connectivity index (χ0v) is 13.3. The number of hydrogen-bond donors (Lipinski definition) is 2. The fourth-order valence-corrected chi connectivity index (χ4v) is 2.71. The first kappa shape index (κ1) is 17.3. The Hall–Kier alpha value is -0.770. The first-order valence-corrected chi connectivity index (χ1v) is 7.28. The van der Waals surface area contributed by atoms with Gasteiger partial charge in [-0.2, -0.15) is 0 Å². The highest BCUT2D eigenvalue weighted by atomic mass is 35.5. The van der Waals surface area contributed by atoms with Crippen molar-refractivity contribution in [1.29, 1.82) is 0 Å². The van der Waals surface area contributed by atoms with Gasteiger partial charge < -0.3 is 10.6 Å². The Morgan fingerprint density at radius 3 is 2.80 bits per heavy atom. The van der Waals surface area contributed by atoms with E-state index in [1.807, 2.05) is 31.2 Å². The average Bonchev–Trinajstić information content (AvgIpc) is 2.39. The van der Waals surface area contributed by atoms with Gasteiger partial charge in [-0.1, -0.05) is 23.7 Å². The predicted molar refractivity (Wildman–Crippen MR) is 85.5 cm³/mol. The summed E-state index contributed by atoms with van der Waals surface area (Å²) in [6, 6.07) is 7.65. The molecule has 5 heteroatoms. The number of carbonyl (C=O) groups is 1. The van der Waals surface area contributed by atoms with E-state index < -0.39 is 0 Å². The topological polar surface area (TPSA) is 41.1 Å². The second-order valence-electron chi connectivity index (χ2n) is 5.24. The average molecular weight is 317 g/mol. The molecule has 0 radical (unpaired) electrons. The third-order valence-corrected chi connectivity index (χ3v) is 3.89. The molecule has 1 aliphatic rings. The van der Waals surface area contributed by atoms with Crippen LogP contribution in [0.4, 0.5) is 0 Å². The molecule has 1 aliphatic heterocycles. The fraction of sp³-hybridized carbons (Fsp3) is 0.533. The number of nitrogens with one attached hydrogen (secondary N) is 2. The van der Waals surface area contributed by atoms with Crippen molar-refractivity contribution in [3.05, 3.63) is 34.9 Å². The molecule has 0 aromatic heterocycles. The predicted octanol–water partition coefficient (Wildman–Crippen LogP) is 3.33. The van der Waals surface area contributed by atoms with Gasteiger partial charge in [-0.05, 0) is 56.5 Å². The summed E-state index contributed by atoms with van der Waals surface area (Å²) < 4.78 is 0. The van der Waals surface area contributed by atoms with Crippen LogP contribution < -0.4 is 10.6 Å². The molecule has 20 heavy (non-hydrogen) atoms. The maximum absolute atomic E-state index is 12.0. The summed E-state index contributed by atoms with van der Waals surface area (Å²) in [6.45, 7) is 4.05. The van der Waals surface area contributed by atoms with Gasteiger partial charge in [0.05, 0.1) is 6.04 Å². The first-order chi connectivity index (χ1) is 9.15. The van der Waals surface area contributed by atoms with E-state index in [0.29, 0.717) is 17.4 Å². The number of rotatable bonds is 4. The van der Waals surface area contributed by atoms with Crippen LogP contribution in [-0.2, 0) is 4.79 Å². The van der Waals surface area contributed by atoms with Crippen molar-refractivity contribution in [2.75, 3.05) is 13.1 Å². The lowest BCUT2D eigenvalue weighted by atomic mass is 9.94. The number of hydrogen-bond acceptors (Lipinski definition) is 2. The van der Waals surface area contributed by atoms with E-state index in [4.69, 9.17) is 11.6 Å². The van der Waals surface area contributed by atoms with E-state index in [2.05, 4.69) is 10.6 Å². The third-order valence-electron chi connectivity index (χ3n) is 3.66. The molecular formula is C15H22Cl2N2O. The summed E-state index contributed by atoms with van der Waals surface area (Å²) in [4.78, 5) is 12.0. The van der Waals surface area contributed by atoms with Gasteiger partial charge in [0, 0.05) is 11.4 Å². The molecule has 0 spiro atoms. The molecular weight excluding hydrogens is 295 g/mol. The van der Waals surface area contributed by atoms with Gasteiger partial charge in [-0.25, -0.2) is 0 Å². The zero-order valence-electron chi connectivity index (χ0n) is 11.7. The van der Waals surface area contributed by atoms with Crippen LogP contribution in [0, 0.1) is 5.92 Å². The highest BCUT2D eigenvalue weighted by molar-refractivity contribution is 6.30. The minimum absolute atomic E-state index is 0. The van der Waals surface area contributed by atoms with Crippen molar-refractivity contribution in [2.24, 2.45) is 5.92 Å². The molecule has 2 rings (SSSR count). The van der Waals surface area contributed by atoms with Crippen molar-refractivity contribution in [2.45, 2.75) is 32.2 Å². The molecule has 3 nitrogen and oxygen atoms in total. The third kappa shape index (κ3) is 5.31. The Bertz CT molecular complexity index is 434. The molecule has 0 bridgehead atoms. The van der Waals surface area contributed by atoms with Crippen LogP contribution in [0.2, 0.25) is 5.02 Å². The van der Waals surface area contributed by atoms with E-state index in [1.54, 1.807) is 0 Å². The van der Waals surface area contributed by atoms with Gasteiger partial charge in [-0.3, -0.25) is 4.79 Å². The maximum atomic E-state index is 12.0. The largest absolute Gasteiger partial charge is 0.350 e. The van der Waals surface area contributed by atoms with Gasteiger partial charge >= 0.3 is 0 Å². The summed E-state index contributed by atoms with van der Waals surface area (Å²) >= 11 is 5.96. The van der Waals surface area contributed by atoms with E-state index in [9.17, 15) is 4.79 Å². The van der Waals surface area contributed by atoms with Crippen molar-refractivity contribution in [3.63, 3.8) is 0 Å². The van der Waals surface area contributed by atoms with Crippen molar-refractivity contribution in [3.8, 4) is 0 Å². The number of benzene rings is 1. The smallest absolute Gasteiger partial charge is 0.220 e. The van der Waals surface area contributed by atoms with Crippen molar-refractivity contribution < 1.29 is 4.79 Å². The second kappa shape index (κ2) is 8.50. The number of amides is 1. The van der Waals surface area contributed by atoms with E-state index in [-0.39, 0.29) is 24.4 Å². The Morgan fingerprint density at radius 1 is 1.45 bits per heavy atom. The number of carbonyl (C=O) groups excluding carboxylic acids is 1. The van der Waals surface area contributed by atoms with Crippen LogP contribution in [0.25, 0.3) is 0 Å². The highest BCUT2D eigenvalue weighted by Crippen LogP contribution is 2.19. The van der Waals surface area contributed by atoms with Crippen LogP contribution in [0.1, 0.15) is 37.8 Å². The summed E-state index contributed by atoms with van der Waals surface area (Å²) in [5.74, 6) is 0.659. The van der Waals surface area contributed by atoms with Crippen LogP contribution >= 0.6 is 24.0 Å². The molecule has 1 aromatic carbocycles. The van der Waals surface area contributed by atoms with Crippen molar-refractivity contribution >= 4 is 29.9 Å². The van der Waals surface area contributed by atoms with Gasteiger partial charge in [-0.15, -0.1) is 12.4 Å². The molecule has 1 amide bonds. The molecule has 1 heterocycles. The molecule has 0 aliphatic carbocycles. The van der Waals surface area contributed by atoms with Gasteiger partial charge in [0.2, 0.25) is 5.91 Å². The molecule has 1 aromatic rings. The highest BCUT2D eigenvalue weighted by Gasteiger charge is 2.18. The Kier molecular flexibility index (Phi) is 7.35. The summed E-state index contributed by atoms with van der Waals surface area (Å²) in [6.07, 6.45) is 2.82. The monoisotopic (exact) mass is 316 g/mol. The second-order valence-corrected chi connectivity index (χ2v) is 5.68. The lowest BCUT2D eigenvalue weighted by Gasteiger charge is -2.23. The number of piperidine rings is 1. The minimum atomic E-state index is 0. The molecule has 1 unspecified atom stereocenters. The standard InChI is InChI=1S/C15H21ClN2O.ClH/c1-11(13-3-2-4-14(16)10-13)18-15(19)9-12-5-7-17-8-6-12;/h2-4,10-12,17H,5-9H2,1H3,(H,18,19);1H. The van der Waals surface area contributed by atoms with Gasteiger partial charge in [0.25, 0.3) is 0 Å². The van der Waals surface area contributed by atoms with E-state index >= 15 is 0 Å². The molecule has 1 atom stereocenters. The maximum Gasteiger partial charge on any atom is 0.220 e. The summed E-state index contributed by atoms with van der Waals surface area (Å²) in [5, 5.41) is 7.07. The molecule has 0 saturated carbocycles. The van der Waals surface area contributed by atoms with E-state index in [1.165, 1.54) is 0 Å². The number of halogens is 2. The molecule has 112 valence electrons. The van der Waals surface area contributed by atoms with Gasteiger partial charge in [0.15, 0.2) is 0 Å². The molecule has 1 saturated heterocycles. The zero-order chi connectivity index (χ0) is 13.7. The minimum Gasteiger partial charge on any atom is -0.350 e. The quantitative estimate of drug-likeness (QED) is 0.894. The lowest BCUT2D eigenvalue weighted by molar-refractivity contribution is -0.122. The Morgan fingerprint density at radius 2 is 2.15 bits per heavy atom. The first-order valence-electron chi connectivity index (χ1n) is 6.90. The Balaban J connectivity index is 0.00000200. The summed E-state index contributed by atoms with van der Waals surface area (Å²) in [7, 11) is 0. The van der Waals surface area contributed by atoms with Crippen LogP contribution in [0.15, 0.2) is 24.3 Å². The Labute approximate surface area is 131 Å².